The van der Waals surface area contributed by atoms with Crippen molar-refractivity contribution in [1.29, 1.82) is 0 Å². The highest BCUT2D eigenvalue weighted by Crippen LogP contribution is 2.52. The molecule has 0 bridgehead atoms. The van der Waals surface area contributed by atoms with E-state index in [1.807, 2.05) is 21.1 Å². The van der Waals surface area contributed by atoms with Crippen LogP contribution < -0.4 is 0 Å². The zero-order valence-electron chi connectivity index (χ0n) is 22.9. The highest BCUT2D eigenvalue weighted by atomic mass is 31.2. The molecule has 1 atom stereocenters. The van der Waals surface area contributed by atoms with Gasteiger partial charge in [0, 0.05) is 0 Å². The maximum atomic E-state index is 11.8. The van der Waals surface area contributed by atoms with Crippen LogP contribution in [0.2, 0.25) is 0 Å². The lowest BCUT2D eigenvalue weighted by atomic mass is 10.0. The standard InChI is InChI=1S/C28H56NO4P/c1-5-6-7-8-9-10-11-12-13-14-15-16-17-18-19-20-21-22-23-24-25-26-28(30,34(31,32)33)27-29(2,3)4/h8-9,17-18,30H,5-7,10-16,19-27H2,1-4H3,(H-,31,32,33)/p+1/b9-8-,18-17-. The molecule has 0 spiro atoms. The molecule has 0 aliphatic rings. The minimum absolute atomic E-state index is 0.0560. The van der Waals surface area contributed by atoms with Crippen molar-refractivity contribution < 1.29 is 23.9 Å². The number of nitrogens with zero attached hydrogens (tertiary/aromatic N) is 1. The van der Waals surface area contributed by atoms with E-state index in [1.165, 1.54) is 77.0 Å². The molecule has 0 aromatic rings. The van der Waals surface area contributed by atoms with E-state index in [9.17, 15) is 19.5 Å². The second-order valence-corrected chi connectivity index (χ2v) is 13.0. The number of allylic oxidation sites excluding steroid dienone is 4. The summed E-state index contributed by atoms with van der Waals surface area (Å²) in [6.07, 6.45) is 29.8. The molecule has 0 rings (SSSR count). The molecule has 0 aromatic carbocycles. The Morgan fingerprint density at radius 2 is 1.00 bits per heavy atom. The third kappa shape index (κ3) is 19.8. The normalized spacial score (nSPS) is 14.9. The van der Waals surface area contributed by atoms with E-state index in [2.05, 4.69) is 31.2 Å². The highest BCUT2D eigenvalue weighted by Gasteiger charge is 2.48. The molecule has 0 radical (unpaired) electrons. The second kappa shape index (κ2) is 19.7. The molecule has 0 aromatic heterocycles. The lowest BCUT2D eigenvalue weighted by Gasteiger charge is -2.35. The van der Waals surface area contributed by atoms with Crippen LogP contribution in [0.15, 0.2) is 24.3 Å². The van der Waals surface area contributed by atoms with Crippen LogP contribution >= 0.6 is 7.60 Å². The van der Waals surface area contributed by atoms with Gasteiger partial charge in [0.15, 0.2) is 0 Å². The van der Waals surface area contributed by atoms with Gasteiger partial charge in [-0.05, 0) is 57.8 Å². The number of hydrogen-bond donors (Lipinski definition) is 3. The molecular formula is C28H57NO4P+. The van der Waals surface area contributed by atoms with Gasteiger partial charge >= 0.3 is 7.60 Å². The highest BCUT2D eigenvalue weighted by molar-refractivity contribution is 7.53. The predicted octanol–water partition coefficient (Wildman–Crippen LogP) is 7.71. The van der Waals surface area contributed by atoms with Crippen molar-refractivity contribution in [2.45, 2.75) is 128 Å². The van der Waals surface area contributed by atoms with E-state index in [0.29, 0.717) is 10.9 Å². The summed E-state index contributed by atoms with van der Waals surface area (Å²) in [6.45, 7) is 2.30. The molecule has 0 aliphatic carbocycles. The van der Waals surface area contributed by atoms with Crippen LogP contribution in [0.25, 0.3) is 0 Å². The Bertz CT molecular complexity index is 579. The van der Waals surface area contributed by atoms with Crippen LogP contribution in [-0.2, 0) is 4.57 Å². The molecule has 0 aliphatic heterocycles. The van der Waals surface area contributed by atoms with Gasteiger partial charge in [-0.15, -0.1) is 0 Å². The third-order valence-electron chi connectivity index (χ3n) is 6.27. The van der Waals surface area contributed by atoms with Gasteiger partial charge in [0.1, 0.15) is 6.54 Å². The van der Waals surface area contributed by atoms with Crippen LogP contribution in [0.5, 0.6) is 0 Å². The quantitative estimate of drug-likeness (QED) is 0.0578. The van der Waals surface area contributed by atoms with E-state index in [1.54, 1.807) is 0 Å². The van der Waals surface area contributed by atoms with Gasteiger partial charge in [-0.3, -0.25) is 4.57 Å². The maximum absolute atomic E-state index is 11.8. The maximum Gasteiger partial charge on any atom is 0.362 e. The van der Waals surface area contributed by atoms with Crippen molar-refractivity contribution in [2.24, 2.45) is 0 Å². The summed E-state index contributed by atoms with van der Waals surface area (Å²) < 4.78 is 12.1. The molecule has 5 nitrogen and oxygen atoms in total. The summed E-state index contributed by atoms with van der Waals surface area (Å²) in [7, 11) is 0.965. The van der Waals surface area contributed by atoms with E-state index in [4.69, 9.17) is 0 Å². The van der Waals surface area contributed by atoms with Crippen molar-refractivity contribution in [3.8, 4) is 0 Å². The minimum atomic E-state index is -4.55. The topological polar surface area (TPSA) is 77.8 Å². The molecular weight excluding hydrogens is 445 g/mol. The number of likely N-dealkylation sites (N-methyl/N-ethyl adjacent to an activating group) is 1. The van der Waals surface area contributed by atoms with Crippen LogP contribution in [0.4, 0.5) is 0 Å². The van der Waals surface area contributed by atoms with E-state index in [-0.39, 0.29) is 13.0 Å². The molecule has 1 unspecified atom stereocenters. The molecule has 0 heterocycles. The second-order valence-electron chi connectivity index (χ2n) is 11.1. The molecule has 202 valence electrons. The van der Waals surface area contributed by atoms with E-state index >= 15 is 0 Å². The fourth-order valence-corrected chi connectivity index (χ4v) is 5.36. The van der Waals surface area contributed by atoms with E-state index < -0.39 is 12.9 Å². The smallest absolute Gasteiger partial charge is 0.362 e. The molecule has 34 heavy (non-hydrogen) atoms. The summed E-state index contributed by atoms with van der Waals surface area (Å²) in [5.41, 5.74) is 0. The number of quaternary nitrogens is 1. The molecule has 0 fully saturated rings. The lowest BCUT2D eigenvalue weighted by Crippen LogP contribution is -2.49. The van der Waals surface area contributed by atoms with Crippen LogP contribution in [0.1, 0.15) is 122 Å². The van der Waals surface area contributed by atoms with Gasteiger partial charge in [-0.1, -0.05) is 89.0 Å². The van der Waals surface area contributed by atoms with Gasteiger partial charge in [-0.2, -0.15) is 0 Å². The SMILES string of the molecule is CCCC/C=C\CCCCCCC/C=C\CCCCCCCCC(O)(C[N+](C)(C)C)P(=O)(O)O. The van der Waals surface area contributed by atoms with Crippen LogP contribution in [0, 0.1) is 0 Å². The summed E-state index contributed by atoms with van der Waals surface area (Å²) in [4.78, 5) is 19.2. The molecule has 0 amide bonds. The first-order valence-electron chi connectivity index (χ1n) is 13.9. The summed E-state index contributed by atoms with van der Waals surface area (Å²) in [5.74, 6) is 0. The Morgan fingerprint density at radius 3 is 1.35 bits per heavy atom. The summed E-state index contributed by atoms with van der Waals surface area (Å²) in [5, 5.41) is 8.64. The minimum Gasteiger partial charge on any atom is -0.373 e. The zero-order valence-corrected chi connectivity index (χ0v) is 23.8. The van der Waals surface area contributed by atoms with Crippen molar-refractivity contribution in [3.63, 3.8) is 0 Å². The third-order valence-corrected chi connectivity index (χ3v) is 7.72. The van der Waals surface area contributed by atoms with Crippen molar-refractivity contribution in [3.05, 3.63) is 24.3 Å². The first kappa shape index (κ1) is 33.5. The number of unbranched alkanes of at least 4 members (excludes halogenated alkanes) is 14. The summed E-state index contributed by atoms with van der Waals surface area (Å²) >= 11 is 0. The van der Waals surface area contributed by atoms with Gasteiger partial charge in [0.25, 0.3) is 0 Å². The van der Waals surface area contributed by atoms with Crippen molar-refractivity contribution in [1.82, 2.24) is 0 Å². The van der Waals surface area contributed by atoms with Gasteiger partial charge in [0.2, 0.25) is 5.34 Å². The summed E-state index contributed by atoms with van der Waals surface area (Å²) in [6, 6.07) is 0. The Kier molecular flexibility index (Phi) is 19.4. The molecule has 6 heteroatoms. The zero-order chi connectivity index (χ0) is 25.8. The Balaban J connectivity index is 3.59. The molecule has 0 saturated carbocycles. The largest absolute Gasteiger partial charge is 0.373 e. The van der Waals surface area contributed by atoms with Gasteiger partial charge in [0.05, 0.1) is 21.1 Å². The number of aliphatic hydroxyl groups is 1. The van der Waals surface area contributed by atoms with Gasteiger partial charge < -0.3 is 19.4 Å². The van der Waals surface area contributed by atoms with Crippen molar-refractivity contribution in [2.75, 3.05) is 27.7 Å². The predicted molar refractivity (Wildman–Crippen MR) is 147 cm³/mol. The first-order valence-corrected chi connectivity index (χ1v) is 15.5. The van der Waals surface area contributed by atoms with Crippen molar-refractivity contribution >= 4 is 7.60 Å². The average molecular weight is 503 g/mol. The Hall–Kier alpha value is -0.450. The fourth-order valence-electron chi connectivity index (χ4n) is 4.30. The average Bonchev–Trinajstić information content (AvgIpc) is 2.73. The lowest BCUT2D eigenvalue weighted by molar-refractivity contribution is -0.875. The Labute approximate surface area is 211 Å². The van der Waals surface area contributed by atoms with Crippen LogP contribution in [-0.4, -0.2) is 52.4 Å². The van der Waals surface area contributed by atoms with Crippen LogP contribution in [0.3, 0.4) is 0 Å². The Morgan fingerprint density at radius 1 is 0.647 bits per heavy atom. The fraction of sp³-hybridized carbons (Fsp3) is 0.857. The van der Waals surface area contributed by atoms with E-state index in [0.717, 1.165) is 25.7 Å². The molecule has 0 saturated heterocycles. The number of hydrogen-bond acceptors (Lipinski definition) is 2. The molecule has 3 N–H and O–H groups in total. The monoisotopic (exact) mass is 502 g/mol. The number of rotatable bonds is 23. The van der Waals surface area contributed by atoms with Gasteiger partial charge in [-0.25, -0.2) is 0 Å². The first-order chi connectivity index (χ1) is 16.0.